The van der Waals surface area contributed by atoms with Gasteiger partial charge in [-0.2, -0.15) is 0 Å². The molecule has 1 unspecified atom stereocenters. The Balaban J connectivity index is 2.57. The highest BCUT2D eigenvalue weighted by atomic mass is 19.1. The lowest BCUT2D eigenvalue weighted by Gasteiger charge is -2.21. The number of hydrogen-bond donors (Lipinski definition) is 1. The summed E-state index contributed by atoms with van der Waals surface area (Å²) in [6.45, 7) is 5.78. The van der Waals surface area contributed by atoms with E-state index in [1.807, 2.05) is 39.0 Å². The van der Waals surface area contributed by atoms with Crippen molar-refractivity contribution < 1.29 is 9.13 Å². The summed E-state index contributed by atoms with van der Waals surface area (Å²) in [4.78, 5) is 0. The fourth-order valence-electron chi connectivity index (χ4n) is 2.66. The lowest BCUT2D eigenvalue weighted by atomic mass is 9.90. The van der Waals surface area contributed by atoms with E-state index in [9.17, 15) is 4.39 Å². The van der Waals surface area contributed by atoms with Crippen LogP contribution in [0.2, 0.25) is 0 Å². The molecule has 0 heterocycles. The lowest BCUT2D eigenvalue weighted by molar-refractivity contribution is 0.407. The summed E-state index contributed by atoms with van der Waals surface area (Å²) in [6, 6.07) is 8.63. The number of halogens is 1. The van der Waals surface area contributed by atoms with Crippen LogP contribution < -0.4 is 10.5 Å². The Morgan fingerprint density at radius 1 is 1.05 bits per heavy atom. The smallest absolute Gasteiger partial charge is 0.123 e. The molecule has 1 atom stereocenters. The highest BCUT2D eigenvalue weighted by molar-refractivity contribution is 5.47. The molecule has 0 radical (unpaired) electrons. The van der Waals surface area contributed by atoms with Crippen LogP contribution in [0.15, 0.2) is 30.3 Å². The maximum atomic E-state index is 13.4. The normalized spacial score (nSPS) is 12.3. The van der Waals surface area contributed by atoms with E-state index in [1.165, 1.54) is 12.1 Å². The molecule has 0 aliphatic heterocycles. The summed E-state index contributed by atoms with van der Waals surface area (Å²) in [7, 11) is 1.63. The third-order valence-electron chi connectivity index (χ3n) is 3.59. The SMILES string of the molecule is COc1ccc(C)cc1C(N)c1c(C)cc(F)cc1C. The second-order valence-corrected chi connectivity index (χ2v) is 5.18. The van der Waals surface area contributed by atoms with Crippen molar-refractivity contribution in [2.45, 2.75) is 26.8 Å². The number of nitrogens with two attached hydrogens (primary N) is 1. The van der Waals surface area contributed by atoms with Gasteiger partial charge in [0.1, 0.15) is 11.6 Å². The van der Waals surface area contributed by atoms with Crippen molar-refractivity contribution in [3.63, 3.8) is 0 Å². The van der Waals surface area contributed by atoms with Crippen molar-refractivity contribution in [1.29, 1.82) is 0 Å². The molecule has 0 amide bonds. The maximum Gasteiger partial charge on any atom is 0.123 e. The van der Waals surface area contributed by atoms with Crippen LogP contribution in [-0.4, -0.2) is 7.11 Å². The maximum absolute atomic E-state index is 13.4. The molecule has 0 spiro atoms. The van der Waals surface area contributed by atoms with Gasteiger partial charge in [0.2, 0.25) is 0 Å². The number of methoxy groups -OCH3 is 1. The molecule has 2 rings (SSSR count). The molecule has 0 aliphatic carbocycles. The zero-order valence-corrected chi connectivity index (χ0v) is 12.3. The fourth-order valence-corrected chi connectivity index (χ4v) is 2.66. The quantitative estimate of drug-likeness (QED) is 0.923. The first-order valence-corrected chi connectivity index (χ1v) is 6.60. The van der Waals surface area contributed by atoms with Crippen LogP contribution >= 0.6 is 0 Å². The average molecular weight is 273 g/mol. The Labute approximate surface area is 119 Å². The summed E-state index contributed by atoms with van der Waals surface area (Å²) in [5, 5.41) is 0. The zero-order valence-electron chi connectivity index (χ0n) is 12.3. The summed E-state index contributed by atoms with van der Waals surface area (Å²) in [5.74, 6) is 0.526. The second-order valence-electron chi connectivity index (χ2n) is 5.18. The molecule has 2 N–H and O–H groups in total. The topological polar surface area (TPSA) is 35.2 Å². The van der Waals surface area contributed by atoms with Gasteiger partial charge in [-0.15, -0.1) is 0 Å². The van der Waals surface area contributed by atoms with Gasteiger partial charge < -0.3 is 10.5 Å². The van der Waals surface area contributed by atoms with Gasteiger partial charge in [0.05, 0.1) is 13.2 Å². The molecule has 0 bridgehead atoms. The van der Waals surface area contributed by atoms with Crippen LogP contribution in [0.5, 0.6) is 5.75 Å². The third kappa shape index (κ3) is 2.68. The van der Waals surface area contributed by atoms with Gasteiger partial charge in [-0.25, -0.2) is 4.39 Å². The number of rotatable bonds is 3. The second kappa shape index (κ2) is 5.63. The zero-order chi connectivity index (χ0) is 14.9. The van der Waals surface area contributed by atoms with Crippen LogP contribution in [0.3, 0.4) is 0 Å². The van der Waals surface area contributed by atoms with Gasteiger partial charge in [0, 0.05) is 5.56 Å². The van der Waals surface area contributed by atoms with E-state index in [1.54, 1.807) is 7.11 Å². The Bertz CT molecular complexity index is 614. The molecule has 20 heavy (non-hydrogen) atoms. The minimum absolute atomic E-state index is 0.229. The standard InChI is InChI=1S/C17H20FNO/c1-10-5-6-15(20-4)14(7-10)17(19)16-11(2)8-13(18)9-12(16)3/h5-9,17H,19H2,1-4H3. The van der Waals surface area contributed by atoms with E-state index in [0.29, 0.717) is 0 Å². The lowest BCUT2D eigenvalue weighted by Crippen LogP contribution is -2.16. The summed E-state index contributed by atoms with van der Waals surface area (Å²) in [5.41, 5.74) is 11.1. The molecular formula is C17H20FNO. The van der Waals surface area contributed by atoms with Gasteiger partial charge in [0.25, 0.3) is 0 Å². The van der Waals surface area contributed by atoms with Crippen molar-refractivity contribution in [2.24, 2.45) is 5.73 Å². The molecular weight excluding hydrogens is 253 g/mol. The fraction of sp³-hybridized carbons (Fsp3) is 0.294. The molecule has 2 nitrogen and oxygen atoms in total. The Kier molecular flexibility index (Phi) is 4.09. The minimum atomic E-state index is -0.328. The Hall–Kier alpha value is -1.87. The number of benzene rings is 2. The number of aryl methyl sites for hydroxylation is 3. The summed E-state index contributed by atoms with van der Waals surface area (Å²) >= 11 is 0. The molecule has 0 saturated heterocycles. The van der Waals surface area contributed by atoms with Crippen molar-refractivity contribution in [1.82, 2.24) is 0 Å². The molecule has 3 heteroatoms. The van der Waals surface area contributed by atoms with Gasteiger partial charge >= 0.3 is 0 Å². The van der Waals surface area contributed by atoms with Gasteiger partial charge in [-0.05, 0) is 55.7 Å². The van der Waals surface area contributed by atoms with Gasteiger partial charge in [-0.1, -0.05) is 17.7 Å². The highest BCUT2D eigenvalue weighted by Crippen LogP contribution is 2.32. The Morgan fingerprint density at radius 2 is 1.65 bits per heavy atom. The molecule has 2 aromatic carbocycles. The first-order chi connectivity index (χ1) is 9.43. The molecule has 0 aliphatic rings. The highest BCUT2D eigenvalue weighted by Gasteiger charge is 2.18. The van der Waals surface area contributed by atoms with Crippen molar-refractivity contribution in [3.05, 3.63) is 64.0 Å². The molecule has 0 aromatic heterocycles. The van der Waals surface area contributed by atoms with Crippen molar-refractivity contribution >= 4 is 0 Å². The molecule has 2 aromatic rings. The first-order valence-electron chi connectivity index (χ1n) is 6.60. The monoisotopic (exact) mass is 273 g/mol. The van der Waals surface area contributed by atoms with E-state index in [0.717, 1.165) is 33.6 Å². The molecule has 0 fully saturated rings. The van der Waals surface area contributed by atoms with Crippen LogP contribution in [0, 0.1) is 26.6 Å². The Morgan fingerprint density at radius 3 is 2.20 bits per heavy atom. The van der Waals surface area contributed by atoms with Crippen LogP contribution in [-0.2, 0) is 0 Å². The number of hydrogen-bond acceptors (Lipinski definition) is 2. The molecule has 0 saturated carbocycles. The summed E-state index contributed by atoms with van der Waals surface area (Å²) < 4.78 is 18.8. The first kappa shape index (κ1) is 14.5. The van der Waals surface area contributed by atoms with Crippen molar-refractivity contribution in [3.8, 4) is 5.75 Å². The van der Waals surface area contributed by atoms with E-state index in [4.69, 9.17) is 10.5 Å². The van der Waals surface area contributed by atoms with Crippen molar-refractivity contribution in [2.75, 3.05) is 7.11 Å². The van der Waals surface area contributed by atoms with Gasteiger partial charge in [-0.3, -0.25) is 0 Å². The summed E-state index contributed by atoms with van der Waals surface area (Å²) in [6.07, 6.45) is 0. The van der Waals surface area contributed by atoms with E-state index >= 15 is 0 Å². The van der Waals surface area contributed by atoms with E-state index in [2.05, 4.69) is 0 Å². The van der Waals surface area contributed by atoms with E-state index < -0.39 is 0 Å². The van der Waals surface area contributed by atoms with Crippen LogP contribution in [0.1, 0.15) is 33.9 Å². The van der Waals surface area contributed by atoms with Crippen LogP contribution in [0.25, 0.3) is 0 Å². The predicted octanol–water partition coefficient (Wildman–Crippen LogP) is 3.81. The predicted molar refractivity (Wildman–Crippen MR) is 79.6 cm³/mol. The number of ether oxygens (including phenoxy) is 1. The van der Waals surface area contributed by atoms with E-state index in [-0.39, 0.29) is 11.9 Å². The third-order valence-corrected chi connectivity index (χ3v) is 3.59. The van der Waals surface area contributed by atoms with Crippen LogP contribution in [0.4, 0.5) is 4.39 Å². The molecule has 106 valence electrons. The largest absolute Gasteiger partial charge is 0.496 e. The average Bonchev–Trinajstić information content (AvgIpc) is 2.37. The van der Waals surface area contributed by atoms with Gasteiger partial charge in [0.15, 0.2) is 0 Å². The minimum Gasteiger partial charge on any atom is -0.496 e.